The number of carbonyl (C=O) groups is 1. The summed E-state index contributed by atoms with van der Waals surface area (Å²) in [5.41, 5.74) is 0.506. The van der Waals surface area contributed by atoms with E-state index in [2.05, 4.69) is 5.32 Å². The quantitative estimate of drug-likeness (QED) is 0.864. The van der Waals surface area contributed by atoms with Crippen LogP contribution in [0.15, 0.2) is 24.3 Å². The van der Waals surface area contributed by atoms with Crippen molar-refractivity contribution < 1.29 is 13.2 Å². The van der Waals surface area contributed by atoms with E-state index in [0.29, 0.717) is 23.7 Å². The lowest BCUT2D eigenvalue weighted by Crippen LogP contribution is -2.39. The number of sulfonamides is 1. The maximum atomic E-state index is 11.9. The molecule has 110 valence electrons. The van der Waals surface area contributed by atoms with E-state index in [0.717, 1.165) is 12.8 Å². The van der Waals surface area contributed by atoms with Crippen molar-refractivity contribution in [3.8, 4) is 0 Å². The first-order valence-corrected chi connectivity index (χ1v) is 8.61. The first kappa shape index (κ1) is 15.3. The summed E-state index contributed by atoms with van der Waals surface area (Å²) in [4.78, 5) is 11.9. The highest BCUT2D eigenvalue weighted by molar-refractivity contribution is 7.88. The van der Waals surface area contributed by atoms with Gasteiger partial charge in [-0.15, -0.1) is 0 Å². The fourth-order valence-electron chi connectivity index (χ4n) is 1.96. The minimum atomic E-state index is -3.21. The zero-order valence-electron chi connectivity index (χ0n) is 11.2. The maximum Gasteiger partial charge on any atom is 0.251 e. The summed E-state index contributed by atoms with van der Waals surface area (Å²) < 4.78 is 24.6. The molecule has 2 rings (SSSR count). The highest BCUT2D eigenvalue weighted by atomic mass is 35.5. The van der Waals surface area contributed by atoms with E-state index in [1.54, 1.807) is 24.3 Å². The number of nitrogens with one attached hydrogen (secondary N) is 1. The van der Waals surface area contributed by atoms with E-state index in [9.17, 15) is 13.2 Å². The second-order valence-electron chi connectivity index (χ2n) is 4.87. The van der Waals surface area contributed by atoms with Gasteiger partial charge in [-0.05, 0) is 37.1 Å². The Balaban J connectivity index is 1.86. The Morgan fingerprint density at radius 2 is 1.95 bits per heavy atom. The largest absolute Gasteiger partial charge is 0.351 e. The predicted molar refractivity (Wildman–Crippen MR) is 78.4 cm³/mol. The van der Waals surface area contributed by atoms with Crippen LogP contribution >= 0.6 is 11.6 Å². The van der Waals surface area contributed by atoms with Gasteiger partial charge in [0.15, 0.2) is 0 Å². The number of halogens is 1. The Labute approximate surface area is 124 Å². The maximum absolute atomic E-state index is 11.9. The smallest absolute Gasteiger partial charge is 0.251 e. The molecule has 1 amide bonds. The number of hydrogen-bond donors (Lipinski definition) is 1. The van der Waals surface area contributed by atoms with Crippen molar-refractivity contribution in [2.45, 2.75) is 18.9 Å². The second kappa shape index (κ2) is 6.11. The molecule has 7 heteroatoms. The lowest BCUT2D eigenvalue weighted by molar-refractivity contribution is 0.0951. The minimum Gasteiger partial charge on any atom is -0.351 e. The molecular formula is C13H17ClN2O3S. The molecule has 1 aliphatic carbocycles. The molecule has 1 aromatic carbocycles. The van der Waals surface area contributed by atoms with Crippen LogP contribution in [0.4, 0.5) is 0 Å². The molecule has 20 heavy (non-hydrogen) atoms. The summed E-state index contributed by atoms with van der Waals surface area (Å²) in [6.07, 6.45) is 3.00. The van der Waals surface area contributed by atoms with Crippen molar-refractivity contribution in [1.82, 2.24) is 9.62 Å². The van der Waals surface area contributed by atoms with Gasteiger partial charge in [0.2, 0.25) is 10.0 Å². The average molecular weight is 317 g/mol. The summed E-state index contributed by atoms with van der Waals surface area (Å²) in [7, 11) is -3.21. The molecule has 0 saturated heterocycles. The Hall–Kier alpha value is -1.11. The third-order valence-corrected chi connectivity index (χ3v) is 4.69. The van der Waals surface area contributed by atoms with Crippen LogP contribution in [0, 0.1) is 0 Å². The first-order valence-electron chi connectivity index (χ1n) is 6.38. The van der Waals surface area contributed by atoms with E-state index in [4.69, 9.17) is 11.6 Å². The zero-order chi connectivity index (χ0) is 14.8. The monoisotopic (exact) mass is 316 g/mol. The van der Waals surface area contributed by atoms with Gasteiger partial charge in [-0.25, -0.2) is 8.42 Å². The number of benzene rings is 1. The van der Waals surface area contributed by atoms with E-state index in [-0.39, 0.29) is 11.9 Å². The Kier molecular flexibility index (Phi) is 4.67. The van der Waals surface area contributed by atoms with Crippen molar-refractivity contribution in [3.63, 3.8) is 0 Å². The standard InChI is InChI=1S/C13H17ClN2O3S/c1-20(18,19)16(12-6-7-12)9-8-15-13(17)10-2-4-11(14)5-3-10/h2-5,12H,6-9H2,1H3,(H,15,17). The molecule has 0 bridgehead atoms. The number of amides is 1. The average Bonchev–Trinajstić information content (AvgIpc) is 3.18. The Bertz CT molecular complexity index is 582. The van der Waals surface area contributed by atoms with Gasteiger partial charge in [0.25, 0.3) is 5.91 Å². The second-order valence-corrected chi connectivity index (χ2v) is 7.24. The van der Waals surface area contributed by atoms with Crippen LogP contribution < -0.4 is 5.32 Å². The highest BCUT2D eigenvalue weighted by Gasteiger charge is 2.34. The van der Waals surface area contributed by atoms with E-state index in [1.807, 2.05) is 0 Å². The first-order chi connectivity index (χ1) is 9.38. The highest BCUT2D eigenvalue weighted by Crippen LogP contribution is 2.28. The summed E-state index contributed by atoms with van der Waals surface area (Å²) >= 11 is 5.75. The molecule has 1 N–H and O–H groups in total. The van der Waals surface area contributed by atoms with Gasteiger partial charge in [-0.2, -0.15) is 4.31 Å². The number of hydrogen-bond acceptors (Lipinski definition) is 3. The molecule has 0 heterocycles. The van der Waals surface area contributed by atoms with Crippen molar-refractivity contribution in [2.24, 2.45) is 0 Å². The van der Waals surface area contributed by atoms with Crippen LogP contribution in [0.3, 0.4) is 0 Å². The molecule has 1 saturated carbocycles. The molecule has 5 nitrogen and oxygen atoms in total. The number of carbonyl (C=O) groups excluding carboxylic acids is 1. The van der Waals surface area contributed by atoms with E-state index >= 15 is 0 Å². The summed E-state index contributed by atoms with van der Waals surface area (Å²) in [6, 6.07) is 6.66. The Morgan fingerprint density at radius 3 is 2.45 bits per heavy atom. The van der Waals surface area contributed by atoms with Gasteiger partial charge in [-0.1, -0.05) is 11.6 Å². The summed E-state index contributed by atoms with van der Waals surface area (Å²) in [6.45, 7) is 0.605. The molecule has 0 radical (unpaired) electrons. The molecule has 0 spiro atoms. The molecule has 0 atom stereocenters. The molecular weight excluding hydrogens is 300 g/mol. The van der Waals surface area contributed by atoms with Crippen LogP contribution in [0.2, 0.25) is 5.02 Å². The van der Waals surface area contributed by atoms with Gasteiger partial charge in [0.1, 0.15) is 0 Å². The van der Waals surface area contributed by atoms with Crippen molar-refractivity contribution in [1.29, 1.82) is 0 Å². The predicted octanol–water partition coefficient (Wildman–Crippen LogP) is 1.49. The number of rotatable bonds is 6. The van der Waals surface area contributed by atoms with E-state index < -0.39 is 10.0 Å². The molecule has 0 aliphatic heterocycles. The molecule has 1 aliphatic rings. The molecule has 0 unspecified atom stereocenters. The topological polar surface area (TPSA) is 66.5 Å². The zero-order valence-corrected chi connectivity index (χ0v) is 12.7. The molecule has 0 aromatic heterocycles. The molecule has 1 fully saturated rings. The molecule has 1 aromatic rings. The number of nitrogens with zero attached hydrogens (tertiary/aromatic N) is 1. The van der Waals surface area contributed by atoms with E-state index in [1.165, 1.54) is 10.6 Å². The Morgan fingerprint density at radius 1 is 1.35 bits per heavy atom. The van der Waals surface area contributed by atoms with Crippen molar-refractivity contribution in [3.05, 3.63) is 34.9 Å². The van der Waals surface area contributed by atoms with Gasteiger partial charge >= 0.3 is 0 Å². The van der Waals surface area contributed by atoms with Crippen LogP contribution in [0.5, 0.6) is 0 Å². The SMILES string of the molecule is CS(=O)(=O)N(CCNC(=O)c1ccc(Cl)cc1)C1CC1. The lowest BCUT2D eigenvalue weighted by atomic mass is 10.2. The van der Waals surface area contributed by atoms with Gasteiger partial charge < -0.3 is 5.32 Å². The van der Waals surface area contributed by atoms with Crippen LogP contribution in [0.1, 0.15) is 23.2 Å². The fraction of sp³-hybridized carbons (Fsp3) is 0.462. The van der Waals surface area contributed by atoms with Crippen LogP contribution in [-0.2, 0) is 10.0 Å². The summed E-state index contributed by atoms with van der Waals surface area (Å²) in [5.74, 6) is -0.231. The third kappa shape index (κ3) is 4.19. The van der Waals surface area contributed by atoms with Crippen molar-refractivity contribution in [2.75, 3.05) is 19.3 Å². The van der Waals surface area contributed by atoms with Crippen LogP contribution in [0.25, 0.3) is 0 Å². The lowest BCUT2D eigenvalue weighted by Gasteiger charge is -2.19. The third-order valence-electron chi connectivity index (χ3n) is 3.10. The van der Waals surface area contributed by atoms with Gasteiger partial charge in [0, 0.05) is 29.7 Å². The normalized spacial score (nSPS) is 15.3. The van der Waals surface area contributed by atoms with Gasteiger partial charge in [0.05, 0.1) is 6.26 Å². The van der Waals surface area contributed by atoms with Crippen LogP contribution in [-0.4, -0.2) is 44.0 Å². The van der Waals surface area contributed by atoms with Gasteiger partial charge in [-0.3, -0.25) is 4.79 Å². The van der Waals surface area contributed by atoms with Crippen molar-refractivity contribution >= 4 is 27.5 Å². The fourth-order valence-corrected chi connectivity index (χ4v) is 3.27. The summed E-state index contributed by atoms with van der Waals surface area (Å²) in [5, 5.41) is 3.28. The minimum absolute atomic E-state index is 0.109.